The molecule has 102 valence electrons. The fraction of sp³-hybridized carbons (Fsp3) is 0.385. The standard InChI is InChI=1S/C13H16N2O4/c1-17-8-10(16)7-13-14-12(15-19-13)9-18-11-5-3-2-4-6-11/h2-6,10,16H,7-9H2,1H3. The number of aromatic nitrogens is 2. The number of ether oxygens (including phenoxy) is 2. The first-order valence-corrected chi connectivity index (χ1v) is 5.94. The van der Waals surface area contributed by atoms with Crippen LogP contribution < -0.4 is 4.74 Å². The number of para-hydroxylation sites is 1. The van der Waals surface area contributed by atoms with Gasteiger partial charge in [0.2, 0.25) is 11.7 Å². The van der Waals surface area contributed by atoms with Crippen molar-refractivity contribution in [1.82, 2.24) is 10.1 Å². The number of aliphatic hydroxyl groups is 1. The zero-order valence-corrected chi connectivity index (χ0v) is 10.7. The summed E-state index contributed by atoms with van der Waals surface area (Å²) in [4.78, 5) is 4.13. The van der Waals surface area contributed by atoms with Gasteiger partial charge in [-0.1, -0.05) is 23.4 Å². The van der Waals surface area contributed by atoms with Crippen molar-refractivity contribution in [3.8, 4) is 5.75 Å². The highest BCUT2D eigenvalue weighted by molar-refractivity contribution is 5.20. The molecule has 0 aliphatic heterocycles. The molecule has 0 saturated carbocycles. The number of aliphatic hydroxyl groups excluding tert-OH is 1. The highest BCUT2D eigenvalue weighted by Crippen LogP contribution is 2.10. The summed E-state index contributed by atoms with van der Waals surface area (Å²) < 4.78 is 15.3. The van der Waals surface area contributed by atoms with Crippen LogP contribution in [0.5, 0.6) is 5.75 Å². The molecule has 2 rings (SSSR count). The smallest absolute Gasteiger partial charge is 0.229 e. The monoisotopic (exact) mass is 264 g/mol. The Hall–Kier alpha value is -1.92. The molecule has 0 spiro atoms. The summed E-state index contributed by atoms with van der Waals surface area (Å²) in [5.74, 6) is 1.56. The second-order valence-corrected chi connectivity index (χ2v) is 4.02. The second kappa shape index (κ2) is 6.86. The molecular weight excluding hydrogens is 248 g/mol. The Morgan fingerprint density at radius 1 is 1.32 bits per heavy atom. The van der Waals surface area contributed by atoms with Gasteiger partial charge in [-0.2, -0.15) is 4.98 Å². The van der Waals surface area contributed by atoms with Crippen molar-refractivity contribution in [2.24, 2.45) is 0 Å². The highest BCUT2D eigenvalue weighted by atomic mass is 16.5. The molecule has 0 saturated heterocycles. The van der Waals surface area contributed by atoms with Crippen LogP contribution in [0.4, 0.5) is 0 Å². The van der Waals surface area contributed by atoms with Gasteiger partial charge in [0.25, 0.3) is 0 Å². The fourth-order valence-electron chi connectivity index (χ4n) is 1.55. The third-order valence-corrected chi connectivity index (χ3v) is 2.39. The van der Waals surface area contributed by atoms with E-state index >= 15 is 0 Å². The first-order valence-electron chi connectivity index (χ1n) is 5.94. The van der Waals surface area contributed by atoms with E-state index in [1.54, 1.807) is 0 Å². The Morgan fingerprint density at radius 3 is 2.84 bits per heavy atom. The van der Waals surface area contributed by atoms with Crippen LogP contribution in [0.2, 0.25) is 0 Å². The molecule has 0 aliphatic rings. The molecule has 19 heavy (non-hydrogen) atoms. The third kappa shape index (κ3) is 4.35. The maximum absolute atomic E-state index is 9.54. The SMILES string of the molecule is COCC(O)Cc1nc(COc2ccccc2)no1. The second-order valence-electron chi connectivity index (χ2n) is 4.02. The maximum Gasteiger partial charge on any atom is 0.229 e. The number of hydrogen-bond donors (Lipinski definition) is 1. The number of benzene rings is 1. The van der Waals surface area contributed by atoms with Crippen molar-refractivity contribution in [2.75, 3.05) is 13.7 Å². The molecule has 1 aromatic heterocycles. The number of methoxy groups -OCH3 is 1. The van der Waals surface area contributed by atoms with Gasteiger partial charge in [0.05, 0.1) is 19.1 Å². The van der Waals surface area contributed by atoms with Gasteiger partial charge in [-0.15, -0.1) is 0 Å². The normalized spacial score (nSPS) is 12.3. The molecule has 6 nitrogen and oxygen atoms in total. The summed E-state index contributed by atoms with van der Waals surface area (Å²) in [6.07, 6.45) is -0.375. The van der Waals surface area contributed by atoms with E-state index in [0.29, 0.717) is 11.7 Å². The Labute approximate surface area is 111 Å². The van der Waals surface area contributed by atoms with Gasteiger partial charge in [0, 0.05) is 7.11 Å². The summed E-state index contributed by atoms with van der Waals surface area (Å²) in [6.45, 7) is 0.464. The van der Waals surface area contributed by atoms with Crippen molar-refractivity contribution >= 4 is 0 Å². The largest absolute Gasteiger partial charge is 0.485 e. The van der Waals surface area contributed by atoms with Crippen LogP contribution in [-0.4, -0.2) is 35.1 Å². The molecule has 0 radical (unpaired) electrons. The van der Waals surface area contributed by atoms with Crippen LogP contribution in [0, 0.1) is 0 Å². The van der Waals surface area contributed by atoms with Crippen molar-refractivity contribution in [2.45, 2.75) is 19.1 Å². The Kier molecular flexibility index (Phi) is 4.88. The van der Waals surface area contributed by atoms with Crippen molar-refractivity contribution in [1.29, 1.82) is 0 Å². The van der Waals surface area contributed by atoms with Crippen LogP contribution in [0.15, 0.2) is 34.9 Å². The van der Waals surface area contributed by atoms with E-state index in [1.165, 1.54) is 7.11 Å². The van der Waals surface area contributed by atoms with Gasteiger partial charge in [0.1, 0.15) is 5.75 Å². The zero-order valence-electron chi connectivity index (χ0n) is 10.7. The molecule has 0 amide bonds. The Morgan fingerprint density at radius 2 is 2.11 bits per heavy atom. The first kappa shape index (κ1) is 13.5. The van der Waals surface area contributed by atoms with Crippen LogP contribution in [-0.2, 0) is 17.8 Å². The van der Waals surface area contributed by atoms with Gasteiger partial charge in [-0.25, -0.2) is 0 Å². The van der Waals surface area contributed by atoms with Crippen molar-refractivity contribution in [3.05, 3.63) is 42.0 Å². The fourth-order valence-corrected chi connectivity index (χ4v) is 1.55. The molecule has 0 aliphatic carbocycles. The van der Waals surface area contributed by atoms with E-state index in [9.17, 15) is 5.11 Å². The number of rotatable bonds is 7. The summed E-state index contributed by atoms with van der Waals surface area (Å²) in [5, 5.41) is 13.3. The topological polar surface area (TPSA) is 77.6 Å². The van der Waals surface area contributed by atoms with Gasteiger partial charge in [-0.3, -0.25) is 0 Å². The van der Waals surface area contributed by atoms with E-state index < -0.39 is 6.10 Å². The van der Waals surface area contributed by atoms with Crippen LogP contribution >= 0.6 is 0 Å². The summed E-state index contributed by atoms with van der Waals surface area (Å²) >= 11 is 0. The predicted molar refractivity (Wildman–Crippen MR) is 66.7 cm³/mol. The highest BCUT2D eigenvalue weighted by Gasteiger charge is 2.12. The molecule has 0 fully saturated rings. The summed E-state index contributed by atoms with van der Waals surface area (Å²) in [5.41, 5.74) is 0. The van der Waals surface area contributed by atoms with Crippen LogP contribution in [0.1, 0.15) is 11.7 Å². The number of hydrogen-bond acceptors (Lipinski definition) is 6. The van der Waals surface area contributed by atoms with Crippen molar-refractivity contribution < 1.29 is 19.1 Å². The first-order chi connectivity index (χ1) is 9.28. The quantitative estimate of drug-likeness (QED) is 0.809. The Balaban J connectivity index is 1.84. The minimum absolute atomic E-state index is 0.230. The van der Waals surface area contributed by atoms with Gasteiger partial charge >= 0.3 is 0 Å². The minimum Gasteiger partial charge on any atom is -0.485 e. The molecule has 6 heteroatoms. The lowest BCUT2D eigenvalue weighted by Gasteiger charge is -2.04. The van der Waals surface area contributed by atoms with E-state index in [0.717, 1.165) is 5.75 Å². The molecular formula is C13H16N2O4. The molecule has 1 atom stereocenters. The van der Waals surface area contributed by atoms with Crippen LogP contribution in [0.3, 0.4) is 0 Å². The third-order valence-electron chi connectivity index (χ3n) is 2.39. The zero-order chi connectivity index (χ0) is 13.5. The van der Waals surface area contributed by atoms with E-state index in [1.807, 2.05) is 30.3 Å². The molecule has 1 unspecified atom stereocenters. The summed E-state index contributed by atoms with van der Waals surface area (Å²) in [6, 6.07) is 9.39. The van der Waals surface area contributed by atoms with Crippen LogP contribution in [0.25, 0.3) is 0 Å². The van der Waals surface area contributed by atoms with Gasteiger partial charge < -0.3 is 19.1 Å². The Bertz CT molecular complexity index is 486. The number of nitrogens with zero attached hydrogens (tertiary/aromatic N) is 2. The van der Waals surface area contributed by atoms with Gasteiger partial charge in [0.15, 0.2) is 6.61 Å². The lowest BCUT2D eigenvalue weighted by atomic mass is 10.3. The molecule has 2 aromatic rings. The van der Waals surface area contributed by atoms with E-state index in [-0.39, 0.29) is 19.6 Å². The van der Waals surface area contributed by atoms with Gasteiger partial charge in [-0.05, 0) is 12.1 Å². The average Bonchev–Trinajstić information content (AvgIpc) is 2.85. The van der Waals surface area contributed by atoms with E-state index in [2.05, 4.69) is 10.1 Å². The summed E-state index contributed by atoms with van der Waals surface area (Å²) in [7, 11) is 1.52. The maximum atomic E-state index is 9.54. The van der Waals surface area contributed by atoms with Crippen molar-refractivity contribution in [3.63, 3.8) is 0 Å². The average molecular weight is 264 g/mol. The van der Waals surface area contributed by atoms with E-state index in [4.69, 9.17) is 14.0 Å². The minimum atomic E-state index is -0.645. The predicted octanol–water partition coefficient (Wildman–Crippen LogP) is 1.20. The lowest BCUT2D eigenvalue weighted by molar-refractivity contribution is 0.0599. The molecule has 1 heterocycles. The lowest BCUT2D eigenvalue weighted by Crippen LogP contribution is -2.17. The molecule has 1 N–H and O–H groups in total. The molecule has 1 aromatic carbocycles. The molecule has 0 bridgehead atoms.